The summed E-state index contributed by atoms with van der Waals surface area (Å²) in [6.07, 6.45) is 10.2. The van der Waals surface area contributed by atoms with Gasteiger partial charge in [0.2, 0.25) is 0 Å². The van der Waals surface area contributed by atoms with Gasteiger partial charge in [-0.05, 0) is 76.0 Å². The van der Waals surface area contributed by atoms with Crippen molar-refractivity contribution in [3.63, 3.8) is 0 Å². The summed E-state index contributed by atoms with van der Waals surface area (Å²) >= 11 is 0. The fourth-order valence-electron chi connectivity index (χ4n) is 3.80. The lowest BCUT2D eigenvalue weighted by Crippen LogP contribution is -2.31. The van der Waals surface area contributed by atoms with Gasteiger partial charge in [-0.1, -0.05) is 45.8 Å². The SMILES string of the molecule is C=C/C1=C(CN)/C(C)=C(/C)OPC(C)(C)CCCCC1CCCC(C)(C)N. The molecule has 1 aliphatic heterocycles. The van der Waals surface area contributed by atoms with E-state index >= 15 is 0 Å². The fraction of sp³-hybridized carbons (Fsp3) is 0.739. The molecule has 2 unspecified atom stereocenters. The van der Waals surface area contributed by atoms with Crippen LogP contribution in [0, 0.1) is 5.92 Å². The van der Waals surface area contributed by atoms with Crippen molar-refractivity contribution >= 4 is 8.81 Å². The third-order valence-corrected chi connectivity index (χ3v) is 6.86. The van der Waals surface area contributed by atoms with Gasteiger partial charge in [-0.2, -0.15) is 0 Å². The van der Waals surface area contributed by atoms with E-state index in [2.05, 4.69) is 48.1 Å². The predicted octanol–water partition coefficient (Wildman–Crippen LogP) is 6.21. The van der Waals surface area contributed by atoms with Crippen LogP contribution < -0.4 is 11.5 Å². The molecule has 0 aromatic carbocycles. The third kappa shape index (κ3) is 8.50. The van der Waals surface area contributed by atoms with E-state index in [9.17, 15) is 0 Å². The Morgan fingerprint density at radius 1 is 1.30 bits per heavy atom. The van der Waals surface area contributed by atoms with Crippen molar-refractivity contribution < 1.29 is 4.52 Å². The molecule has 0 saturated carbocycles. The standard InChI is InChI=1S/C23H43N2OP/c1-8-20-19(13-11-14-22(4,5)25)12-9-10-15-23(6,7)27-26-18(3)17(2)21(20)16-24/h8,19,27H,1,9-16,24-25H2,2-7H3/b18-17-,21-20-. The van der Waals surface area contributed by atoms with Gasteiger partial charge in [-0.25, -0.2) is 0 Å². The van der Waals surface area contributed by atoms with Crippen LogP contribution in [0.3, 0.4) is 0 Å². The maximum absolute atomic E-state index is 6.21. The van der Waals surface area contributed by atoms with Crippen LogP contribution in [0.2, 0.25) is 0 Å². The number of nitrogens with two attached hydrogens (primary N) is 2. The van der Waals surface area contributed by atoms with Gasteiger partial charge in [0.15, 0.2) is 0 Å². The minimum atomic E-state index is -0.106. The molecule has 0 spiro atoms. The van der Waals surface area contributed by atoms with Gasteiger partial charge in [0.25, 0.3) is 0 Å². The van der Waals surface area contributed by atoms with Crippen LogP contribution in [0.5, 0.6) is 0 Å². The van der Waals surface area contributed by atoms with Crippen LogP contribution in [-0.2, 0) is 4.52 Å². The summed E-state index contributed by atoms with van der Waals surface area (Å²) in [7, 11) is 0.481. The average molecular weight is 395 g/mol. The highest BCUT2D eigenvalue weighted by Crippen LogP contribution is 2.41. The Labute approximate surface area is 169 Å². The molecule has 0 aromatic rings. The molecule has 1 aliphatic rings. The number of allylic oxidation sites excluding steroid dienone is 3. The Morgan fingerprint density at radius 3 is 2.52 bits per heavy atom. The molecule has 4 N–H and O–H groups in total. The molecule has 2 atom stereocenters. The zero-order chi connectivity index (χ0) is 20.7. The maximum atomic E-state index is 6.21. The summed E-state index contributed by atoms with van der Waals surface area (Å²) in [5, 5.41) is 0.230. The van der Waals surface area contributed by atoms with Crippen molar-refractivity contribution in [1.29, 1.82) is 0 Å². The van der Waals surface area contributed by atoms with Gasteiger partial charge in [0.1, 0.15) is 0 Å². The van der Waals surface area contributed by atoms with E-state index in [1.807, 2.05) is 6.08 Å². The molecule has 0 amide bonds. The molecule has 0 fully saturated rings. The van der Waals surface area contributed by atoms with Gasteiger partial charge < -0.3 is 16.0 Å². The lowest BCUT2D eigenvalue weighted by molar-refractivity contribution is 0.397. The minimum Gasteiger partial charge on any atom is -0.481 e. The molecule has 4 heteroatoms. The highest BCUT2D eigenvalue weighted by Gasteiger charge is 2.23. The first-order valence-corrected chi connectivity index (χ1v) is 11.4. The Kier molecular flexibility index (Phi) is 9.75. The first kappa shape index (κ1) is 24.4. The maximum Gasteiger partial charge on any atom is 0.0997 e. The molecule has 0 radical (unpaired) electrons. The molecule has 1 rings (SSSR count). The lowest BCUT2D eigenvalue weighted by atomic mass is 9.82. The van der Waals surface area contributed by atoms with E-state index in [1.54, 1.807) is 0 Å². The molecular weight excluding hydrogens is 351 g/mol. The summed E-state index contributed by atoms with van der Waals surface area (Å²) in [4.78, 5) is 0. The largest absolute Gasteiger partial charge is 0.481 e. The van der Waals surface area contributed by atoms with Crippen LogP contribution in [-0.4, -0.2) is 17.2 Å². The van der Waals surface area contributed by atoms with E-state index in [1.165, 1.54) is 42.4 Å². The van der Waals surface area contributed by atoms with Crippen molar-refractivity contribution in [3.8, 4) is 0 Å². The van der Waals surface area contributed by atoms with Crippen molar-refractivity contribution in [3.05, 3.63) is 35.1 Å². The van der Waals surface area contributed by atoms with E-state index in [0.717, 1.165) is 25.0 Å². The molecule has 0 aliphatic carbocycles. The van der Waals surface area contributed by atoms with Crippen molar-refractivity contribution in [1.82, 2.24) is 0 Å². The Balaban J connectivity index is 3.21. The molecule has 3 nitrogen and oxygen atoms in total. The lowest BCUT2D eigenvalue weighted by Gasteiger charge is -2.29. The smallest absolute Gasteiger partial charge is 0.0997 e. The predicted molar refractivity (Wildman–Crippen MR) is 122 cm³/mol. The molecule has 0 saturated heterocycles. The molecular formula is C23H43N2OP. The van der Waals surface area contributed by atoms with Crippen molar-refractivity contribution in [2.45, 2.75) is 97.2 Å². The third-order valence-electron chi connectivity index (χ3n) is 5.65. The molecule has 156 valence electrons. The quantitative estimate of drug-likeness (QED) is 0.527. The van der Waals surface area contributed by atoms with E-state index in [-0.39, 0.29) is 10.7 Å². The fourth-order valence-corrected chi connectivity index (χ4v) is 4.66. The Morgan fingerprint density at radius 2 is 1.96 bits per heavy atom. The molecule has 1 heterocycles. The second kappa shape index (κ2) is 10.8. The van der Waals surface area contributed by atoms with E-state index in [0.29, 0.717) is 21.3 Å². The zero-order valence-electron chi connectivity index (χ0n) is 18.6. The number of rotatable bonds is 6. The highest BCUT2D eigenvalue weighted by atomic mass is 31.1. The first-order valence-electron chi connectivity index (χ1n) is 10.5. The minimum absolute atomic E-state index is 0.106. The number of hydrogen-bond acceptors (Lipinski definition) is 3. The second-order valence-electron chi connectivity index (χ2n) is 9.43. The van der Waals surface area contributed by atoms with Crippen LogP contribution in [0.25, 0.3) is 0 Å². The van der Waals surface area contributed by atoms with Gasteiger partial charge in [0, 0.05) is 17.2 Å². The van der Waals surface area contributed by atoms with Crippen molar-refractivity contribution in [2.75, 3.05) is 6.54 Å². The van der Waals surface area contributed by atoms with Gasteiger partial charge in [0.05, 0.1) is 14.6 Å². The van der Waals surface area contributed by atoms with E-state index in [4.69, 9.17) is 16.0 Å². The Hall–Kier alpha value is -0.630. The molecule has 0 aromatic heterocycles. The average Bonchev–Trinajstić information content (AvgIpc) is 2.57. The van der Waals surface area contributed by atoms with Crippen LogP contribution >= 0.6 is 8.81 Å². The Bertz CT molecular complexity index is 555. The van der Waals surface area contributed by atoms with Crippen LogP contribution in [0.15, 0.2) is 35.1 Å². The topological polar surface area (TPSA) is 61.3 Å². The normalized spacial score (nSPS) is 29.0. The van der Waals surface area contributed by atoms with Crippen LogP contribution in [0.1, 0.15) is 86.5 Å². The summed E-state index contributed by atoms with van der Waals surface area (Å²) in [5.74, 6) is 1.50. The summed E-state index contributed by atoms with van der Waals surface area (Å²) in [6.45, 7) is 17.7. The number of hydrogen-bond donors (Lipinski definition) is 2. The summed E-state index contributed by atoms with van der Waals surface area (Å²) < 4.78 is 6.20. The monoisotopic (exact) mass is 394 g/mol. The van der Waals surface area contributed by atoms with Crippen molar-refractivity contribution in [2.24, 2.45) is 17.4 Å². The van der Waals surface area contributed by atoms with Gasteiger partial charge in [-0.3, -0.25) is 0 Å². The first-order chi connectivity index (χ1) is 12.5. The van der Waals surface area contributed by atoms with Gasteiger partial charge in [-0.15, -0.1) is 0 Å². The summed E-state index contributed by atoms with van der Waals surface area (Å²) in [6, 6.07) is 0. The zero-order valence-corrected chi connectivity index (χ0v) is 19.6. The van der Waals surface area contributed by atoms with Gasteiger partial charge >= 0.3 is 0 Å². The van der Waals surface area contributed by atoms with E-state index < -0.39 is 0 Å². The molecule has 27 heavy (non-hydrogen) atoms. The highest BCUT2D eigenvalue weighted by molar-refractivity contribution is 7.34. The summed E-state index contributed by atoms with van der Waals surface area (Å²) in [5.41, 5.74) is 16.0. The molecule has 0 bridgehead atoms. The second-order valence-corrected chi connectivity index (χ2v) is 11.2. The van der Waals surface area contributed by atoms with Crippen LogP contribution in [0.4, 0.5) is 0 Å².